The molecular weight excluding hydrogens is 350 g/mol. The molecule has 4 aromatic rings. The predicted molar refractivity (Wildman–Crippen MR) is 123 cm³/mol. The third kappa shape index (κ3) is 3.35. The molecule has 29 heavy (non-hydrogen) atoms. The van der Waals surface area contributed by atoms with E-state index in [2.05, 4.69) is 80.6 Å². The summed E-state index contributed by atoms with van der Waals surface area (Å²) in [5.41, 5.74) is 9.01. The van der Waals surface area contributed by atoms with Crippen molar-refractivity contribution in [3.63, 3.8) is 0 Å². The summed E-state index contributed by atoms with van der Waals surface area (Å²) in [6.45, 7) is 4.37. The van der Waals surface area contributed by atoms with Gasteiger partial charge in [-0.05, 0) is 71.9 Å². The van der Waals surface area contributed by atoms with Crippen LogP contribution in [0.1, 0.15) is 48.3 Å². The van der Waals surface area contributed by atoms with E-state index in [0.29, 0.717) is 0 Å². The van der Waals surface area contributed by atoms with E-state index in [1.807, 2.05) is 6.20 Å². The lowest BCUT2D eigenvalue weighted by Crippen LogP contribution is -1.93. The van der Waals surface area contributed by atoms with Gasteiger partial charge in [-0.3, -0.25) is 4.98 Å². The second-order valence-electron chi connectivity index (χ2n) is 8.47. The highest BCUT2D eigenvalue weighted by molar-refractivity contribution is 5.95. The van der Waals surface area contributed by atoms with Crippen molar-refractivity contribution < 1.29 is 0 Å². The standard InChI is InChI=1S/C28H27N/c1-19-6-5-7-20(2)27(19)22-10-12-23(13-11-22)28-26-15-14-24(21-8-3-4-9-21)18-25(26)16-17-29-28/h5-7,10-18,21H,3-4,8-9H2,1-2H3. The molecule has 1 fully saturated rings. The highest BCUT2D eigenvalue weighted by atomic mass is 14.7. The molecule has 0 N–H and O–H groups in total. The molecule has 0 amide bonds. The van der Waals surface area contributed by atoms with E-state index in [0.717, 1.165) is 11.6 Å². The molecule has 5 rings (SSSR count). The van der Waals surface area contributed by atoms with Crippen molar-refractivity contribution in [2.45, 2.75) is 45.4 Å². The number of nitrogens with zero attached hydrogens (tertiary/aromatic N) is 1. The van der Waals surface area contributed by atoms with E-state index in [9.17, 15) is 0 Å². The minimum Gasteiger partial charge on any atom is -0.256 e. The van der Waals surface area contributed by atoms with Crippen LogP contribution in [-0.2, 0) is 0 Å². The SMILES string of the molecule is Cc1cccc(C)c1-c1ccc(-c2nccc3cc(C4CCCC4)ccc23)cc1. The third-order valence-electron chi connectivity index (χ3n) is 6.54. The molecule has 1 saturated carbocycles. The highest BCUT2D eigenvalue weighted by Gasteiger charge is 2.17. The van der Waals surface area contributed by atoms with Crippen LogP contribution >= 0.6 is 0 Å². The number of rotatable bonds is 3. The van der Waals surface area contributed by atoms with E-state index in [1.165, 1.54) is 69.8 Å². The maximum absolute atomic E-state index is 4.74. The Kier molecular flexibility index (Phi) is 4.67. The second kappa shape index (κ2) is 7.48. The maximum Gasteiger partial charge on any atom is 0.0780 e. The van der Waals surface area contributed by atoms with Gasteiger partial charge in [0.15, 0.2) is 0 Å². The molecule has 1 heteroatoms. The molecule has 1 nitrogen and oxygen atoms in total. The number of benzene rings is 3. The Labute approximate surface area is 173 Å². The fraction of sp³-hybridized carbons (Fsp3) is 0.250. The number of fused-ring (bicyclic) bond motifs is 1. The van der Waals surface area contributed by atoms with Gasteiger partial charge in [0, 0.05) is 17.1 Å². The Morgan fingerprint density at radius 1 is 0.759 bits per heavy atom. The molecule has 0 saturated heterocycles. The molecule has 0 spiro atoms. The second-order valence-corrected chi connectivity index (χ2v) is 8.47. The van der Waals surface area contributed by atoms with Gasteiger partial charge in [0.2, 0.25) is 0 Å². The average molecular weight is 378 g/mol. The first kappa shape index (κ1) is 18.1. The summed E-state index contributed by atoms with van der Waals surface area (Å²) in [6, 6.07) is 24.6. The Bertz CT molecular complexity index is 1140. The number of hydrogen-bond acceptors (Lipinski definition) is 1. The number of pyridine rings is 1. The molecule has 1 heterocycles. The van der Waals surface area contributed by atoms with E-state index in [4.69, 9.17) is 4.98 Å². The van der Waals surface area contributed by atoms with E-state index in [-0.39, 0.29) is 0 Å². The predicted octanol–water partition coefficient (Wildman–Crippen LogP) is 7.84. The van der Waals surface area contributed by atoms with Gasteiger partial charge in [-0.2, -0.15) is 0 Å². The summed E-state index contributed by atoms with van der Waals surface area (Å²) in [7, 11) is 0. The van der Waals surface area contributed by atoms with Crippen LogP contribution in [0.2, 0.25) is 0 Å². The average Bonchev–Trinajstić information content (AvgIpc) is 3.28. The van der Waals surface area contributed by atoms with Gasteiger partial charge in [-0.15, -0.1) is 0 Å². The smallest absolute Gasteiger partial charge is 0.0780 e. The van der Waals surface area contributed by atoms with Crippen molar-refractivity contribution in [1.29, 1.82) is 0 Å². The molecule has 3 aromatic carbocycles. The van der Waals surface area contributed by atoms with Crippen LogP contribution in [0.25, 0.3) is 33.2 Å². The van der Waals surface area contributed by atoms with Gasteiger partial charge in [0.25, 0.3) is 0 Å². The van der Waals surface area contributed by atoms with Crippen molar-refractivity contribution in [2.75, 3.05) is 0 Å². The molecule has 0 atom stereocenters. The summed E-state index contributed by atoms with van der Waals surface area (Å²) < 4.78 is 0. The topological polar surface area (TPSA) is 12.9 Å². The number of aromatic nitrogens is 1. The van der Waals surface area contributed by atoms with Crippen LogP contribution < -0.4 is 0 Å². The summed E-state index contributed by atoms with van der Waals surface area (Å²) in [4.78, 5) is 4.74. The Morgan fingerprint density at radius 3 is 2.17 bits per heavy atom. The lowest BCUT2D eigenvalue weighted by atomic mass is 9.93. The minimum absolute atomic E-state index is 0.743. The zero-order valence-electron chi connectivity index (χ0n) is 17.3. The molecule has 0 aliphatic heterocycles. The molecule has 1 aliphatic rings. The normalized spacial score (nSPS) is 14.6. The maximum atomic E-state index is 4.74. The molecular formula is C28H27N. The van der Waals surface area contributed by atoms with Gasteiger partial charge in [-0.1, -0.05) is 73.5 Å². The molecule has 0 bridgehead atoms. The molecule has 0 radical (unpaired) electrons. The van der Waals surface area contributed by atoms with Crippen molar-refractivity contribution >= 4 is 10.8 Å². The van der Waals surface area contributed by atoms with Gasteiger partial charge >= 0.3 is 0 Å². The fourth-order valence-electron chi connectivity index (χ4n) is 5.00. The van der Waals surface area contributed by atoms with Gasteiger partial charge in [-0.25, -0.2) is 0 Å². The monoisotopic (exact) mass is 377 g/mol. The van der Waals surface area contributed by atoms with Gasteiger partial charge < -0.3 is 0 Å². The van der Waals surface area contributed by atoms with Crippen LogP contribution in [0, 0.1) is 13.8 Å². The molecule has 0 unspecified atom stereocenters. The van der Waals surface area contributed by atoms with Crippen LogP contribution in [0.3, 0.4) is 0 Å². The van der Waals surface area contributed by atoms with E-state index >= 15 is 0 Å². The van der Waals surface area contributed by atoms with Gasteiger partial charge in [0.1, 0.15) is 0 Å². The Hall–Kier alpha value is -2.93. The first-order valence-electron chi connectivity index (χ1n) is 10.8. The van der Waals surface area contributed by atoms with Crippen LogP contribution in [0.4, 0.5) is 0 Å². The van der Waals surface area contributed by atoms with Crippen molar-refractivity contribution in [3.05, 3.63) is 89.6 Å². The Balaban J connectivity index is 1.53. The Morgan fingerprint density at radius 2 is 1.45 bits per heavy atom. The van der Waals surface area contributed by atoms with Crippen LogP contribution in [-0.4, -0.2) is 4.98 Å². The van der Waals surface area contributed by atoms with E-state index < -0.39 is 0 Å². The molecule has 1 aliphatic carbocycles. The fourth-order valence-corrected chi connectivity index (χ4v) is 5.00. The van der Waals surface area contributed by atoms with Crippen LogP contribution in [0.5, 0.6) is 0 Å². The lowest BCUT2D eigenvalue weighted by molar-refractivity contribution is 0.724. The summed E-state index contributed by atoms with van der Waals surface area (Å²) in [6.07, 6.45) is 7.37. The summed E-state index contributed by atoms with van der Waals surface area (Å²) in [5.74, 6) is 0.743. The van der Waals surface area contributed by atoms with Crippen molar-refractivity contribution in [1.82, 2.24) is 4.98 Å². The molecule has 144 valence electrons. The quantitative estimate of drug-likeness (QED) is 0.354. The first-order valence-corrected chi connectivity index (χ1v) is 10.8. The summed E-state index contributed by atoms with van der Waals surface area (Å²) in [5, 5.41) is 2.55. The molecule has 1 aromatic heterocycles. The van der Waals surface area contributed by atoms with Crippen LogP contribution in [0.15, 0.2) is 72.9 Å². The minimum atomic E-state index is 0.743. The highest BCUT2D eigenvalue weighted by Crippen LogP contribution is 2.37. The largest absolute Gasteiger partial charge is 0.256 e. The lowest BCUT2D eigenvalue weighted by Gasteiger charge is -2.13. The van der Waals surface area contributed by atoms with Crippen molar-refractivity contribution in [3.8, 4) is 22.4 Å². The van der Waals surface area contributed by atoms with E-state index in [1.54, 1.807) is 0 Å². The van der Waals surface area contributed by atoms with Crippen molar-refractivity contribution in [2.24, 2.45) is 0 Å². The number of aryl methyl sites for hydroxylation is 2. The van der Waals surface area contributed by atoms with Gasteiger partial charge in [0.05, 0.1) is 5.69 Å². The summed E-state index contributed by atoms with van der Waals surface area (Å²) >= 11 is 0. The zero-order chi connectivity index (χ0) is 19.8. The third-order valence-corrected chi connectivity index (χ3v) is 6.54. The first-order chi connectivity index (χ1) is 14.2. The zero-order valence-corrected chi connectivity index (χ0v) is 17.3. The number of hydrogen-bond donors (Lipinski definition) is 0.